The second-order valence-corrected chi connectivity index (χ2v) is 9.55. The molecule has 12 nitrogen and oxygen atoms in total. The number of rotatable bonds is 12. The molecule has 38 heavy (non-hydrogen) atoms. The fraction of sp³-hybridized carbons (Fsp3) is 0.400. The van der Waals surface area contributed by atoms with Crippen LogP contribution in [-0.2, 0) is 6.54 Å². The van der Waals surface area contributed by atoms with E-state index < -0.39 is 0 Å². The zero-order chi connectivity index (χ0) is 27.2. The lowest BCUT2D eigenvalue weighted by molar-refractivity contribution is 0.0947. The van der Waals surface area contributed by atoms with E-state index in [-0.39, 0.29) is 5.91 Å². The van der Waals surface area contributed by atoms with Crippen molar-refractivity contribution in [2.45, 2.75) is 25.5 Å². The van der Waals surface area contributed by atoms with Crippen molar-refractivity contribution in [2.75, 3.05) is 46.0 Å². The monoisotopic (exact) mass is 540 g/mol. The van der Waals surface area contributed by atoms with Crippen LogP contribution in [0.25, 0.3) is 22.3 Å². The van der Waals surface area contributed by atoms with Crippen molar-refractivity contribution in [1.82, 2.24) is 35.3 Å². The van der Waals surface area contributed by atoms with Gasteiger partial charge in [0.15, 0.2) is 22.3 Å². The van der Waals surface area contributed by atoms with Gasteiger partial charge < -0.3 is 24.8 Å². The van der Waals surface area contributed by atoms with Crippen molar-refractivity contribution < 1.29 is 19.0 Å². The van der Waals surface area contributed by atoms with Crippen LogP contribution in [0.3, 0.4) is 0 Å². The van der Waals surface area contributed by atoms with Gasteiger partial charge in [-0.1, -0.05) is 25.6 Å². The van der Waals surface area contributed by atoms with Crippen LogP contribution in [0.1, 0.15) is 24.3 Å². The summed E-state index contributed by atoms with van der Waals surface area (Å²) in [5.41, 5.74) is 2.32. The van der Waals surface area contributed by atoms with E-state index in [2.05, 4.69) is 49.7 Å². The van der Waals surface area contributed by atoms with Crippen molar-refractivity contribution in [1.29, 1.82) is 0 Å². The van der Waals surface area contributed by atoms with Crippen LogP contribution < -0.4 is 24.8 Å². The molecule has 202 valence electrons. The van der Waals surface area contributed by atoms with Gasteiger partial charge in [-0.15, -0.1) is 0 Å². The summed E-state index contributed by atoms with van der Waals surface area (Å²) < 4.78 is 18.0. The van der Waals surface area contributed by atoms with Crippen LogP contribution in [0.4, 0.5) is 5.82 Å². The lowest BCUT2D eigenvalue weighted by atomic mass is 10.1. The molecule has 4 aromatic rings. The Balaban J connectivity index is 1.45. The number of nitrogens with zero attached hydrogens (tertiary/aromatic N) is 5. The average Bonchev–Trinajstić information content (AvgIpc) is 3.58. The van der Waals surface area contributed by atoms with E-state index >= 15 is 0 Å². The topological polar surface area (TPSA) is 141 Å². The Labute approximate surface area is 224 Å². The van der Waals surface area contributed by atoms with E-state index in [1.807, 2.05) is 6.26 Å². The smallest absolute Gasteiger partial charge is 0.269 e. The summed E-state index contributed by atoms with van der Waals surface area (Å²) in [5.74, 6) is 2.43. The van der Waals surface area contributed by atoms with Crippen LogP contribution in [0.15, 0.2) is 29.6 Å². The number of ether oxygens (including phenoxy) is 3. The number of aromatic nitrogens is 6. The minimum absolute atomic E-state index is 0.286. The number of carbonyl (C=O) groups is 1. The summed E-state index contributed by atoms with van der Waals surface area (Å²) in [4.78, 5) is 22.0. The predicted molar refractivity (Wildman–Crippen MR) is 146 cm³/mol. The highest BCUT2D eigenvalue weighted by atomic mass is 32.2. The summed E-state index contributed by atoms with van der Waals surface area (Å²) in [6, 6.07) is 5.22. The predicted octanol–water partition coefficient (Wildman–Crippen LogP) is 3.46. The second kappa shape index (κ2) is 12.0. The molecule has 0 aliphatic rings. The quantitative estimate of drug-likeness (QED) is 0.181. The number of thioether (sulfide) groups is 1. The highest BCUT2D eigenvalue weighted by Crippen LogP contribution is 2.40. The minimum Gasteiger partial charge on any atom is -0.493 e. The highest BCUT2D eigenvalue weighted by Gasteiger charge is 2.18. The van der Waals surface area contributed by atoms with Crippen LogP contribution in [0.5, 0.6) is 17.2 Å². The Bertz CT molecular complexity index is 1390. The third-order valence-electron chi connectivity index (χ3n) is 5.73. The van der Waals surface area contributed by atoms with Gasteiger partial charge in [0.1, 0.15) is 11.5 Å². The largest absolute Gasteiger partial charge is 0.493 e. The molecule has 3 aromatic heterocycles. The van der Waals surface area contributed by atoms with Gasteiger partial charge in [0.05, 0.1) is 45.2 Å². The van der Waals surface area contributed by atoms with Crippen LogP contribution in [-0.4, -0.2) is 76.5 Å². The maximum Gasteiger partial charge on any atom is 0.269 e. The first kappa shape index (κ1) is 27.0. The third kappa shape index (κ3) is 5.77. The first-order chi connectivity index (χ1) is 18.4. The molecular weight excluding hydrogens is 508 g/mol. The molecule has 0 radical (unpaired) electrons. The molecule has 13 heteroatoms. The van der Waals surface area contributed by atoms with Crippen LogP contribution >= 0.6 is 11.8 Å². The standard InChI is InChI=1S/C25H32N8O4S/c1-14(2)12-27-22-16-13-28-33(23(16)30-25(29-22)38-6)8-7-26-24(34)18-11-17(31-32-18)15-9-19(35-3)21(37-5)20(10-15)36-4/h9-11,13-14H,7-8,12H2,1-6H3,(H,26,34)(H,31,32)(H,27,29,30). The maximum atomic E-state index is 12.8. The summed E-state index contributed by atoms with van der Waals surface area (Å²) >= 11 is 1.47. The van der Waals surface area contributed by atoms with Gasteiger partial charge in [0, 0.05) is 18.7 Å². The highest BCUT2D eigenvalue weighted by molar-refractivity contribution is 7.98. The fourth-order valence-electron chi connectivity index (χ4n) is 3.81. The number of methoxy groups -OCH3 is 3. The molecular formula is C25H32N8O4S. The molecule has 0 saturated carbocycles. The zero-order valence-corrected chi connectivity index (χ0v) is 23.1. The van der Waals surface area contributed by atoms with Crippen molar-refractivity contribution >= 4 is 34.5 Å². The molecule has 3 heterocycles. The van der Waals surface area contributed by atoms with E-state index in [0.29, 0.717) is 58.4 Å². The first-order valence-electron chi connectivity index (χ1n) is 12.0. The molecule has 1 aromatic carbocycles. The third-order valence-corrected chi connectivity index (χ3v) is 6.28. The van der Waals surface area contributed by atoms with Gasteiger partial charge >= 0.3 is 0 Å². The molecule has 1 amide bonds. The Kier molecular flexibility index (Phi) is 8.56. The van der Waals surface area contributed by atoms with Crippen LogP contribution in [0, 0.1) is 5.92 Å². The summed E-state index contributed by atoms with van der Waals surface area (Å²) in [6.45, 7) is 5.86. The summed E-state index contributed by atoms with van der Waals surface area (Å²) in [7, 11) is 4.63. The number of benzene rings is 1. The van der Waals surface area contributed by atoms with Crippen molar-refractivity contribution in [3.05, 3.63) is 30.1 Å². The molecule has 3 N–H and O–H groups in total. The van der Waals surface area contributed by atoms with E-state index in [9.17, 15) is 4.79 Å². The number of fused-ring (bicyclic) bond motifs is 1. The van der Waals surface area contributed by atoms with Gasteiger partial charge in [0.2, 0.25) is 5.75 Å². The van der Waals surface area contributed by atoms with E-state index in [1.54, 1.807) is 50.4 Å². The minimum atomic E-state index is -0.286. The van der Waals surface area contributed by atoms with Crippen molar-refractivity contribution in [3.8, 4) is 28.5 Å². The number of H-pyrrole nitrogens is 1. The number of aromatic amines is 1. The van der Waals surface area contributed by atoms with Gasteiger partial charge in [0.25, 0.3) is 5.91 Å². The summed E-state index contributed by atoms with van der Waals surface area (Å²) in [5, 5.41) is 19.4. The van der Waals surface area contributed by atoms with Crippen molar-refractivity contribution in [2.24, 2.45) is 5.92 Å². The molecule has 0 aliphatic carbocycles. The lowest BCUT2D eigenvalue weighted by Crippen LogP contribution is -2.27. The molecule has 0 aliphatic heterocycles. The second-order valence-electron chi connectivity index (χ2n) is 8.78. The molecule has 4 rings (SSSR count). The Morgan fingerprint density at radius 1 is 1.11 bits per heavy atom. The van der Waals surface area contributed by atoms with Gasteiger partial charge in [-0.2, -0.15) is 10.2 Å². The molecule has 0 spiro atoms. The van der Waals surface area contributed by atoms with E-state index in [0.717, 1.165) is 23.4 Å². The van der Waals surface area contributed by atoms with E-state index in [4.69, 9.17) is 14.2 Å². The number of amides is 1. The fourth-order valence-corrected chi connectivity index (χ4v) is 4.17. The number of hydrogen-bond acceptors (Lipinski definition) is 10. The normalized spacial score (nSPS) is 11.1. The Morgan fingerprint density at radius 2 is 1.84 bits per heavy atom. The van der Waals surface area contributed by atoms with Crippen molar-refractivity contribution in [3.63, 3.8) is 0 Å². The zero-order valence-electron chi connectivity index (χ0n) is 22.3. The van der Waals surface area contributed by atoms with Gasteiger partial charge in [-0.05, 0) is 30.4 Å². The average molecular weight is 541 g/mol. The Hall–Kier alpha value is -4.00. The molecule has 0 saturated heterocycles. The van der Waals surface area contributed by atoms with Gasteiger partial charge in [-0.3, -0.25) is 9.89 Å². The van der Waals surface area contributed by atoms with Crippen LogP contribution in [0.2, 0.25) is 0 Å². The molecule has 0 bridgehead atoms. The molecule has 0 fully saturated rings. The summed E-state index contributed by atoms with van der Waals surface area (Å²) in [6.07, 6.45) is 3.69. The lowest BCUT2D eigenvalue weighted by Gasteiger charge is -2.13. The number of hydrogen-bond donors (Lipinski definition) is 3. The number of nitrogens with one attached hydrogen (secondary N) is 3. The number of carbonyl (C=O) groups excluding carboxylic acids is 1. The van der Waals surface area contributed by atoms with E-state index in [1.165, 1.54) is 11.8 Å². The Morgan fingerprint density at radius 3 is 2.47 bits per heavy atom. The SMILES string of the molecule is COc1cc(-c2cc(C(=O)NCCn3ncc4c(NCC(C)C)nc(SC)nc43)[nH]n2)cc(OC)c1OC. The molecule has 0 atom stereocenters. The molecule has 0 unspecified atom stereocenters. The number of anilines is 1. The first-order valence-corrected chi connectivity index (χ1v) is 13.3. The van der Waals surface area contributed by atoms with Gasteiger partial charge in [-0.25, -0.2) is 14.6 Å². The maximum absolute atomic E-state index is 12.8.